The van der Waals surface area contributed by atoms with Gasteiger partial charge in [-0.15, -0.1) is 0 Å². The van der Waals surface area contributed by atoms with Gasteiger partial charge in [-0.25, -0.2) is 0 Å². The first-order valence-electron chi connectivity index (χ1n) is 9.53. The Hall–Kier alpha value is -2.82. The summed E-state index contributed by atoms with van der Waals surface area (Å²) in [5.41, 5.74) is 3.13. The maximum Gasteiger partial charge on any atom is 0.236 e. The molecular formula is C22H27N3O2. The average molecular weight is 365 g/mol. The molecule has 2 aromatic rings. The first-order chi connectivity index (χ1) is 13.1. The molecule has 3 rings (SSSR count). The second-order valence-electron chi connectivity index (χ2n) is 6.86. The van der Waals surface area contributed by atoms with Crippen molar-refractivity contribution in [2.75, 3.05) is 42.5 Å². The normalized spacial score (nSPS) is 14.1. The summed E-state index contributed by atoms with van der Waals surface area (Å²) >= 11 is 0. The molecule has 1 heterocycles. The topological polar surface area (TPSA) is 43.9 Å². The molecule has 5 nitrogen and oxygen atoms in total. The van der Waals surface area contributed by atoms with Crippen LogP contribution in [0.2, 0.25) is 0 Å². The maximum atomic E-state index is 12.7. The number of piperazine rings is 1. The van der Waals surface area contributed by atoms with Crippen LogP contribution in [0.25, 0.3) is 0 Å². The van der Waals surface area contributed by atoms with Crippen LogP contribution in [0.3, 0.4) is 0 Å². The van der Waals surface area contributed by atoms with Crippen molar-refractivity contribution in [3.05, 3.63) is 60.2 Å². The number of hydrogen-bond acceptors (Lipinski definition) is 3. The molecule has 142 valence electrons. The summed E-state index contributed by atoms with van der Waals surface area (Å²) in [6, 6.07) is 18.0. The quantitative estimate of drug-likeness (QED) is 0.765. The molecule has 0 N–H and O–H groups in total. The number of hydrogen-bond donors (Lipinski definition) is 0. The highest BCUT2D eigenvalue weighted by Gasteiger charge is 2.25. The van der Waals surface area contributed by atoms with Gasteiger partial charge in [0.2, 0.25) is 11.8 Å². The van der Waals surface area contributed by atoms with Crippen LogP contribution < -0.4 is 9.80 Å². The van der Waals surface area contributed by atoms with Crippen LogP contribution in [0.5, 0.6) is 0 Å². The van der Waals surface area contributed by atoms with Crippen molar-refractivity contribution in [2.24, 2.45) is 0 Å². The molecule has 0 saturated carbocycles. The minimum absolute atomic E-state index is 0.0763. The Morgan fingerprint density at radius 2 is 1.67 bits per heavy atom. The molecule has 0 unspecified atom stereocenters. The van der Waals surface area contributed by atoms with E-state index >= 15 is 0 Å². The lowest BCUT2D eigenvalue weighted by atomic mass is 10.2. The van der Waals surface area contributed by atoms with Gasteiger partial charge in [0, 0.05) is 44.1 Å². The van der Waals surface area contributed by atoms with Crippen LogP contribution >= 0.6 is 0 Å². The zero-order valence-electron chi connectivity index (χ0n) is 16.1. The zero-order valence-corrected chi connectivity index (χ0v) is 16.1. The maximum absolute atomic E-state index is 12.7. The number of amides is 2. The summed E-state index contributed by atoms with van der Waals surface area (Å²) in [6.45, 7) is 7.37. The van der Waals surface area contributed by atoms with E-state index in [4.69, 9.17) is 0 Å². The van der Waals surface area contributed by atoms with Crippen LogP contribution in [-0.4, -0.2) is 49.4 Å². The van der Waals surface area contributed by atoms with Crippen molar-refractivity contribution >= 4 is 23.2 Å². The van der Waals surface area contributed by atoms with E-state index in [1.54, 1.807) is 9.80 Å². The van der Waals surface area contributed by atoms with E-state index in [1.165, 1.54) is 5.69 Å². The fraction of sp³-hybridized carbons (Fsp3) is 0.364. The molecule has 0 aromatic heterocycles. The minimum atomic E-state index is -0.140. The Morgan fingerprint density at radius 1 is 0.963 bits per heavy atom. The predicted molar refractivity (Wildman–Crippen MR) is 109 cm³/mol. The van der Waals surface area contributed by atoms with Gasteiger partial charge >= 0.3 is 0 Å². The second kappa shape index (κ2) is 8.71. The summed E-state index contributed by atoms with van der Waals surface area (Å²) in [6.07, 6.45) is -0.0763. The molecule has 0 bridgehead atoms. The van der Waals surface area contributed by atoms with E-state index in [0.29, 0.717) is 19.6 Å². The zero-order chi connectivity index (χ0) is 19.2. The Morgan fingerprint density at radius 3 is 2.30 bits per heavy atom. The molecule has 1 fully saturated rings. The van der Waals surface area contributed by atoms with E-state index in [2.05, 4.69) is 17.0 Å². The Balaban J connectivity index is 1.56. The third-order valence-electron chi connectivity index (χ3n) is 4.99. The van der Waals surface area contributed by atoms with Gasteiger partial charge in [-0.2, -0.15) is 0 Å². The summed E-state index contributed by atoms with van der Waals surface area (Å²) in [5.74, 6) is -0.225. The Labute approximate surface area is 161 Å². The molecule has 0 spiro atoms. The molecular weight excluding hydrogens is 338 g/mol. The molecule has 5 heteroatoms. The third-order valence-corrected chi connectivity index (χ3v) is 4.99. The monoisotopic (exact) mass is 365 g/mol. The number of benzene rings is 2. The number of nitrogens with zero attached hydrogens (tertiary/aromatic N) is 3. The third kappa shape index (κ3) is 4.67. The van der Waals surface area contributed by atoms with Gasteiger partial charge in [0.1, 0.15) is 6.42 Å². The number of carbonyl (C=O) groups is 2. The number of rotatable bonds is 5. The van der Waals surface area contributed by atoms with Gasteiger partial charge in [0.05, 0.1) is 0 Å². The molecule has 0 atom stereocenters. The second-order valence-corrected chi connectivity index (χ2v) is 6.86. The number of para-hydroxylation sites is 1. The lowest BCUT2D eigenvalue weighted by Crippen LogP contribution is -2.49. The summed E-state index contributed by atoms with van der Waals surface area (Å²) in [7, 11) is 0. The van der Waals surface area contributed by atoms with E-state index in [9.17, 15) is 9.59 Å². The average Bonchev–Trinajstić information content (AvgIpc) is 2.69. The molecule has 2 aromatic carbocycles. The van der Waals surface area contributed by atoms with Crippen LogP contribution in [0, 0.1) is 6.92 Å². The fourth-order valence-corrected chi connectivity index (χ4v) is 3.49. The largest absolute Gasteiger partial charge is 0.368 e. The van der Waals surface area contributed by atoms with E-state index in [-0.39, 0.29) is 18.2 Å². The van der Waals surface area contributed by atoms with Gasteiger partial charge in [-0.05, 0) is 43.7 Å². The van der Waals surface area contributed by atoms with Gasteiger partial charge < -0.3 is 14.7 Å². The van der Waals surface area contributed by atoms with Crippen LogP contribution in [0.15, 0.2) is 54.6 Å². The predicted octanol–water partition coefficient (Wildman–Crippen LogP) is 3.09. The number of aryl methyl sites for hydroxylation is 1. The lowest BCUT2D eigenvalue weighted by Gasteiger charge is -2.36. The summed E-state index contributed by atoms with van der Waals surface area (Å²) in [4.78, 5) is 31.1. The standard InChI is InChI=1S/C22H27N3O2/c1-3-25(20-11-7-8-18(2)16-20)22(27)17-21(26)24-14-12-23(13-15-24)19-9-5-4-6-10-19/h4-11,16H,3,12-15,17H2,1-2H3. The van der Waals surface area contributed by atoms with Crippen molar-refractivity contribution in [2.45, 2.75) is 20.3 Å². The van der Waals surface area contributed by atoms with E-state index in [0.717, 1.165) is 24.3 Å². The van der Waals surface area contributed by atoms with Crippen molar-refractivity contribution in [3.8, 4) is 0 Å². The van der Waals surface area contributed by atoms with Crippen molar-refractivity contribution in [3.63, 3.8) is 0 Å². The molecule has 1 aliphatic heterocycles. The Bertz CT molecular complexity index is 783. The van der Waals surface area contributed by atoms with Crippen LogP contribution in [0.1, 0.15) is 18.9 Å². The molecule has 0 aliphatic carbocycles. The highest BCUT2D eigenvalue weighted by atomic mass is 16.2. The molecule has 27 heavy (non-hydrogen) atoms. The van der Waals surface area contributed by atoms with E-state index < -0.39 is 0 Å². The summed E-state index contributed by atoms with van der Waals surface area (Å²) in [5, 5.41) is 0. The van der Waals surface area contributed by atoms with Crippen LogP contribution in [0.4, 0.5) is 11.4 Å². The fourth-order valence-electron chi connectivity index (χ4n) is 3.49. The molecule has 1 aliphatic rings. The van der Waals surface area contributed by atoms with E-state index in [1.807, 2.05) is 56.3 Å². The van der Waals surface area contributed by atoms with Gasteiger partial charge in [-0.1, -0.05) is 30.3 Å². The number of anilines is 2. The molecule has 2 amide bonds. The highest BCUT2D eigenvalue weighted by Crippen LogP contribution is 2.18. The van der Waals surface area contributed by atoms with Gasteiger partial charge in [0.15, 0.2) is 0 Å². The minimum Gasteiger partial charge on any atom is -0.368 e. The SMILES string of the molecule is CCN(C(=O)CC(=O)N1CCN(c2ccccc2)CC1)c1cccc(C)c1. The van der Waals surface area contributed by atoms with Crippen molar-refractivity contribution in [1.82, 2.24) is 4.90 Å². The molecule has 1 saturated heterocycles. The molecule has 0 radical (unpaired) electrons. The first kappa shape index (κ1) is 19.0. The Kier molecular flexibility index (Phi) is 6.12. The lowest BCUT2D eigenvalue weighted by molar-refractivity contribution is -0.135. The van der Waals surface area contributed by atoms with Crippen molar-refractivity contribution in [1.29, 1.82) is 0 Å². The van der Waals surface area contributed by atoms with Crippen LogP contribution in [-0.2, 0) is 9.59 Å². The van der Waals surface area contributed by atoms with Gasteiger partial charge in [0.25, 0.3) is 0 Å². The smallest absolute Gasteiger partial charge is 0.236 e. The number of carbonyl (C=O) groups excluding carboxylic acids is 2. The summed E-state index contributed by atoms with van der Waals surface area (Å²) < 4.78 is 0. The van der Waals surface area contributed by atoms with Gasteiger partial charge in [-0.3, -0.25) is 9.59 Å². The first-order valence-corrected chi connectivity index (χ1v) is 9.53. The van der Waals surface area contributed by atoms with Crippen molar-refractivity contribution < 1.29 is 9.59 Å². The highest BCUT2D eigenvalue weighted by molar-refractivity contribution is 6.05.